The first-order valence-electron chi connectivity index (χ1n) is 5.28. The third-order valence-corrected chi connectivity index (χ3v) is 2.45. The minimum atomic E-state index is -0.0798. The van der Waals surface area contributed by atoms with Gasteiger partial charge in [-0.05, 0) is 6.07 Å². The van der Waals surface area contributed by atoms with E-state index in [1.807, 2.05) is 0 Å². The summed E-state index contributed by atoms with van der Waals surface area (Å²) in [5, 5.41) is 0.422. The van der Waals surface area contributed by atoms with Crippen LogP contribution in [-0.2, 0) is 5.41 Å². The highest BCUT2D eigenvalue weighted by Gasteiger charge is 2.18. The first-order chi connectivity index (χ1) is 7.97. The molecule has 0 spiro atoms. The molecule has 0 bridgehead atoms. The number of aromatic nitrogens is 4. The van der Waals surface area contributed by atoms with Crippen molar-refractivity contribution >= 4 is 11.6 Å². The van der Waals surface area contributed by atoms with Gasteiger partial charge in [0.2, 0.25) is 0 Å². The van der Waals surface area contributed by atoms with Crippen molar-refractivity contribution in [1.29, 1.82) is 0 Å². The monoisotopic (exact) mass is 248 g/mol. The first kappa shape index (κ1) is 11.9. The van der Waals surface area contributed by atoms with Gasteiger partial charge in [0, 0.05) is 17.8 Å². The summed E-state index contributed by atoms with van der Waals surface area (Å²) in [5.74, 6) is 0.510. The lowest BCUT2D eigenvalue weighted by molar-refractivity contribution is 0.567. The van der Waals surface area contributed by atoms with Gasteiger partial charge in [-0.25, -0.2) is 15.0 Å². The molecule has 2 heterocycles. The van der Waals surface area contributed by atoms with E-state index in [1.165, 1.54) is 0 Å². The van der Waals surface area contributed by atoms with Gasteiger partial charge in [-0.3, -0.25) is 4.98 Å². The number of halogens is 1. The molecule has 0 aliphatic rings. The Morgan fingerprint density at radius 2 is 1.88 bits per heavy atom. The highest BCUT2D eigenvalue weighted by molar-refractivity contribution is 6.29. The smallest absolute Gasteiger partial charge is 0.181 e. The maximum atomic E-state index is 6.01. The van der Waals surface area contributed by atoms with Crippen molar-refractivity contribution in [3.8, 4) is 11.5 Å². The first-order valence-corrected chi connectivity index (χ1v) is 5.66. The lowest BCUT2D eigenvalue weighted by atomic mass is 9.92. The standard InChI is InChI=1S/C12H13ClN4/c1-12(2,3)9-6-10(13)17-11(16-9)8-7-14-4-5-15-8/h4-7H,1-3H3. The second kappa shape index (κ2) is 4.37. The predicted octanol–water partition coefficient (Wildman–Crippen LogP) is 2.88. The Kier molecular flexibility index (Phi) is 3.07. The fourth-order valence-electron chi connectivity index (χ4n) is 1.33. The molecule has 5 heteroatoms. The fourth-order valence-corrected chi connectivity index (χ4v) is 1.51. The van der Waals surface area contributed by atoms with Crippen molar-refractivity contribution in [2.24, 2.45) is 0 Å². The number of rotatable bonds is 1. The molecule has 0 saturated carbocycles. The summed E-state index contributed by atoms with van der Waals surface area (Å²) in [6.07, 6.45) is 4.84. The summed E-state index contributed by atoms with van der Waals surface area (Å²) in [5.41, 5.74) is 1.43. The largest absolute Gasteiger partial charge is 0.261 e. The normalized spacial score (nSPS) is 11.5. The molecule has 88 valence electrons. The van der Waals surface area contributed by atoms with Crippen molar-refractivity contribution in [3.05, 3.63) is 35.5 Å². The fraction of sp³-hybridized carbons (Fsp3) is 0.333. The van der Waals surface area contributed by atoms with Gasteiger partial charge in [-0.1, -0.05) is 32.4 Å². The van der Waals surface area contributed by atoms with Crippen LogP contribution < -0.4 is 0 Å². The predicted molar refractivity (Wildman–Crippen MR) is 66.8 cm³/mol. The van der Waals surface area contributed by atoms with Crippen LogP contribution in [0, 0.1) is 0 Å². The van der Waals surface area contributed by atoms with E-state index in [9.17, 15) is 0 Å². The average molecular weight is 249 g/mol. The zero-order valence-electron chi connectivity index (χ0n) is 9.98. The highest BCUT2D eigenvalue weighted by atomic mass is 35.5. The van der Waals surface area contributed by atoms with E-state index in [0.29, 0.717) is 16.7 Å². The second-order valence-electron chi connectivity index (χ2n) is 4.74. The van der Waals surface area contributed by atoms with Gasteiger partial charge >= 0.3 is 0 Å². The molecule has 0 aromatic carbocycles. The van der Waals surface area contributed by atoms with Gasteiger partial charge in [0.1, 0.15) is 10.8 Å². The van der Waals surface area contributed by atoms with E-state index in [0.717, 1.165) is 5.69 Å². The molecule has 0 atom stereocenters. The Bertz CT molecular complexity index is 520. The molecule has 0 unspecified atom stereocenters. The van der Waals surface area contributed by atoms with Gasteiger partial charge in [-0.15, -0.1) is 0 Å². The van der Waals surface area contributed by atoms with Crippen molar-refractivity contribution in [3.63, 3.8) is 0 Å². The van der Waals surface area contributed by atoms with Crippen LogP contribution in [0.15, 0.2) is 24.7 Å². The molecule has 2 aromatic rings. The van der Waals surface area contributed by atoms with Crippen LogP contribution in [0.25, 0.3) is 11.5 Å². The third kappa shape index (κ3) is 2.77. The minimum absolute atomic E-state index is 0.0798. The van der Waals surface area contributed by atoms with E-state index in [4.69, 9.17) is 11.6 Å². The quantitative estimate of drug-likeness (QED) is 0.728. The molecule has 0 N–H and O–H groups in total. The van der Waals surface area contributed by atoms with Crippen molar-refractivity contribution in [2.45, 2.75) is 26.2 Å². The van der Waals surface area contributed by atoms with E-state index in [2.05, 4.69) is 40.7 Å². The van der Waals surface area contributed by atoms with E-state index >= 15 is 0 Å². The second-order valence-corrected chi connectivity index (χ2v) is 5.13. The summed E-state index contributed by atoms with van der Waals surface area (Å²) in [4.78, 5) is 16.8. The Morgan fingerprint density at radius 1 is 1.12 bits per heavy atom. The van der Waals surface area contributed by atoms with Gasteiger partial charge < -0.3 is 0 Å². The van der Waals surface area contributed by atoms with Crippen LogP contribution in [0.3, 0.4) is 0 Å². The van der Waals surface area contributed by atoms with Crippen molar-refractivity contribution in [1.82, 2.24) is 19.9 Å². The minimum Gasteiger partial charge on any atom is -0.261 e. The lowest BCUT2D eigenvalue weighted by Crippen LogP contribution is -2.14. The van der Waals surface area contributed by atoms with Gasteiger partial charge in [0.05, 0.1) is 11.9 Å². The van der Waals surface area contributed by atoms with Crippen LogP contribution in [0.4, 0.5) is 0 Å². The zero-order valence-corrected chi connectivity index (χ0v) is 10.7. The molecule has 0 amide bonds. The molecule has 2 rings (SSSR count). The van der Waals surface area contributed by atoms with Gasteiger partial charge in [0.25, 0.3) is 0 Å². The topological polar surface area (TPSA) is 51.6 Å². The molecular formula is C12H13ClN4. The van der Waals surface area contributed by atoms with E-state index in [-0.39, 0.29) is 5.41 Å². The summed E-state index contributed by atoms with van der Waals surface area (Å²) < 4.78 is 0. The number of hydrogen-bond donors (Lipinski definition) is 0. The van der Waals surface area contributed by atoms with Crippen LogP contribution in [0.5, 0.6) is 0 Å². The Labute approximate surface area is 105 Å². The molecule has 0 saturated heterocycles. The van der Waals surface area contributed by atoms with Gasteiger partial charge in [-0.2, -0.15) is 0 Å². The molecule has 17 heavy (non-hydrogen) atoms. The number of hydrogen-bond acceptors (Lipinski definition) is 4. The third-order valence-electron chi connectivity index (χ3n) is 2.26. The van der Waals surface area contributed by atoms with Crippen LogP contribution in [-0.4, -0.2) is 19.9 Å². The highest BCUT2D eigenvalue weighted by Crippen LogP contribution is 2.24. The Hall–Kier alpha value is -1.55. The van der Waals surface area contributed by atoms with Crippen molar-refractivity contribution < 1.29 is 0 Å². The lowest BCUT2D eigenvalue weighted by Gasteiger charge is -2.18. The summed E-state index contributed by atoms with van der Waals surface area (Å²) in [6, 6.07) is 1.78. The molecule has 0 aliphatic heterocycles. The summed E-state index contributed by atoms with van der Waals surface area (Å²) >= 11 is 6.01. The average Bonchev–Trinajstić information content (AvgIpc) is 2.28. The molecular weight excluding hydrogens is 236 g/mol. The van der Waals surface area contributed by atoms with Crippen LogP contribution in [0.1, 0.15) is 26.5 Å². The maximum Gasteiger partial charge on any atom is 0.181 e. The van der Waals surface area contributed by atoms with E-state index < -0.39 is 0 Å². The molecule has 2 aromatic heterocycles. The SMILES string of the molecule is CC(C)(C)c1cc(Cl)nc(-c2cnccn2)n1. The maximum absolute atomic E-state index is 6.01. The van der Waals surface area contributed by atoms with E-state index in [1.54, 1.807) is 24.7 Å². The number of nitrogens with zero attached hydrogens (tertiary/aromatic N) is 4. The summed E-state index contributed by atoms with van der Waals surface area (Å²) in [7, 11) is 0. The Morgan fingerprint density at radius 3 is 2.47 bits per heavy atom. The Balaban J connectivity index is 2.54. The zero-order chi connectivity index (χ0) is 12.5. The molecule has 4 nitrogen and oxygen atoms in total. The van der Waals surface area contributed by atoms with Gasteiger partial charge in [0.15, 0.2) is 5.82 Å². The van der Waals surface area contributed by atoms with Crippen LogP contribution in [0.2, 0.25) is 5.15 Å². The van der Waals surface area contributed by atoms with Crippen LogP contribution >= 0.6 is 11.6 Å². The molecule has 0 aliphatic carbocycles. The molecule has 0 fully saturated rings. The summed E-state index contributed by atoms with van der Waals surface area (Å²) in [6.45, 7) is 6.23. The van der Waals surface area contributed by atoms with Crippen molar-refractivity contribution in [2.75, 3.05) is 0 Å². The molecule has 0 radical (unpaired) electrons.